The summed E-state index contributed by atoms with van der Waals surface area (Å²) in [7, 11) is 0. The Labute approximate surface area is 119 Å². The normalized spacial score (nSPS) is 19.9. The van der Waals surface area contributed by atoms with Crippen molar-refractivity contribution in [3.63, 3.8) is 0 Å². The number of aliphatic carboxylic acids is 1. The minimum absolute atomic E-state index is 0.0724. The number of imidazole rings is 1. The van der Waals surface area contributed by atoms with Gasteiger partial charge in [0.25, 0.3) is 0 Å². The number of nitrogens with zero attached hydrogens (tertiary/aromatic N) is 2. The van der Waals surface area contributed by atoms with Gasteiger partial charge in [0.2, 0.25) is 0 Å². The molecule has 0 bridgehead atoms. The summed E-state index contributed by atoms with van der Waals surface area (Å²) < 4.78 is 2.15. The van der Waals surface area contributed by atoms with Gasteiger partial charge in [-0.05, 0) is 6.92 Å². The Kier molecular flexibility index (Phi) is 5.32. The van der Waals surface area contributed by atoms with Crippen LogP contribution in [-0.4, -0.2) is 48.9 Å². The third-order valence-electron chi connectivity index (χ3n) is 2.61. The first-order valence-electron chi connectivity index (χ1n) is 5.73. The van der Waals surface area contributed by atoms with Gasteiger partial charge in [-0.15, -0.1) is 0 Å². The van der Waals surface area contributed by atoms with E-state index >= 15 is 0 Å². The summed E-state index contributed by atoms with van der Waals surface area (Å²) in [6, 6.07) is 0. The van der Waals surface area contributed by atoms with Crippen LogP contribution in [0.15, 0.2) is 11.4 Å². The highest BCUT2D eigenvalue weighted by Crippen LogP contribution is 2.27. The first kappa shape index (κ1) is 14.1. The Hall–Kier alpha value is -0.270. The fourth-order valence-electron chi connectivity index (χ4n) is 1.75. The Bertz CT molecular complexity index is 416. The number of carboxylic acid groups (broad SMARTS) is 1. The molecule has 18 heavy (non-hydrogen) atoms. The zero-order valence-electron chi connectivity index (χ0n) is 10.2. The summed E-state index contributed by atoms with van der Waals surface area (Å²) in [5.41, 5.74) is 1.11. The van der Waals surface area contributed by atoms with E-state index < -0.39 is 5.97 Å². The number of hydrogen-bond acceptors (Lipinski definition) is 5. The van der Waals surface area contributed by atoms with Crippen molar-refractivity contribution in [3.8, 4) is 0 Å². The van der Waals surface area contributed by atoms with Gasteiger partial charge in [0, 0.05) is 40.9 Å². The van der Waals surface area contributed by atoms with Crippen molar-refractivity contribution in [2.45, 2.75) is 23.9 Å². The third-order valence-corrected chi connectivity index (χ3v) is 6.42. The van der Waals surface area contributed by atoms with E-state index in [1.54, 1.807) is 0 Å². The van der Waals surface area contributed by atoms with Crippen molar-refractivity contribution < 1.29 is 9.90 Å². The lowest BCUT2D eigenvalue weighted by Crippen LogP contribution is -2.21. The second-order valence-electron chi connectivity index (χ2n) is 4.04. The van der Waals surface area contributed by atoms with Gasteiger partial charge < -0.3 is 9.67 Å². The van der Waals surface area contributed by atoms with E-state index in [0.29, 0.717) is 5.25 Å². The maximum Gasteiger partial charge on any atom is 0.313 e. The fourth-order valence-corrected chi connectivity index (χ4v) is 5.15. The first-order valence-corrected chi connectivity index (χ1v) is 8.92. The van der Waals surface area contributed by atoms with Crippen LogP contribution in [-0.2, 0) is 11.3 Å². The lowest BCUT2D eigenvalue weighted by molar-refractivity contribution is -0.133. The van der Waals surface area contributed by atoms with Crippen molar-refractivity contribution >= 4 is 41.3 Å². The van der Waals surface area contributed by atoms with Crippen LogP contribution in [0, 0.1) is 6.92 Å². The van der Waals surface area contributed by atoms with E-state index in [1.807, 2.05) is 36.6 Å². The van der Waals surface area contributed by atoms with Crippen LogP contribution >= 0.6 is 35.3 Å². The van der Waals surface area contributed by atoms with E-state index in [0.717, 1.165) is 17.4 Å². The number of carbonyl (C=O) groups is 1. The van der Waals surface area contributed by atoms with Crippen LogP contribution in [0.5, 0.6) is 0 Å². The summed E-state index contributed by atoms with van der Waals surface area (Å²) in [6.45, 7) is 2.96. The smallest absolute Gasteiger partial charge is 0.313 e. The molecule has 0 spiro atoms. The lowest BCUT2D eigenvalue weighted by atomic mass is 10.4. The fraction of sp³-hybridized carbons (Fsp3) is 0.636. The molecule has 1 aliphatic rings. The molecule has 4 nitrogen and oxygen atoms in total. The van der Waals surface area contributed by atoms with Crippen LogP contribution in [0.2, 0.25) is 0 Å². The van der Waals surface area contributed by atoms with Crippen molar-refractivity contribution in [3.05, 3.63) is 11.9 Å². The Morgan fingerprint density at radius 2 is 2.50 bits per heavy atom. The molecule has 1 aliphatic heterocycles. The Morgan fingerprint density at radius 3 is 3.17 bits per heavy atom. The van der Waals surface area contributed by atoms with Gasteiger partial charge in [0.1, 0.15) is 0 Å². The number of rotatable bonds is 5. The molecular formula is C11H16N2O2S3. The molecule has 1 unspecified atom stereocenters. The van der Waals surface area contributed by atoms with E-state index in [9.17, 15) is 4.79 Å². The number of thioether (sulfide) groups is 3. The standard InChI is InChI=1S/C11H16N2O2S3/c1-8-4-12-11(18-7-10(14)15)13(8)5-9-6-16-2-3-17-9/h4,9H,2-3,5-7H2,1H3,(H,14,15). The number of carboxylic acids is 1. The molecule has 1 aromatic rings. The number of aryl methyl sites for hydroxylation is 1. The topological polar surface area (TPSA) is 55.1 Å². The van der Waals surface area contributed by atoms with Crippen molar-refractivity contribution in [1.82, 2.24) is 9.55 Å². The minimum atomic E-state index is -0.796. The van der Waals surface area contributed by atoms with Crippen LogP contribution < -0.4 is 0 Å². The highest BCUT2D eigenvalue weighted by Gasteiger charge is 2.18. The zero-order chi connectivity index (χ0) is 13.0. The van der Waals surface area contributed by atoms with Gasteiger partial charge in [-0.2, -0.15) is 23.5 Å². The van der Waals surface area contributed by atoms with E-state index in [4.69, 9.17) is 5.11 Å². The van der Waals surface area contributed by atoms with Crippen LogP contribution in [0.1, 0.15) is 5.69 Å². The molecule has 2 heterocycles. The van der Waals surface area contributed by atoms with Crippen molar-refractivity contribution in [1.29, 1.82) is 0 Å². The zero-order valence-corrected chi connectivity index (χ0v) is 12.6. The quantitative estimate of drug-likeness (QED) is 0.842. The molecule has 0 radical (unpaired) electrons. The molecule has 7 heteroatoms. The summed E-state index contributed by atoms with van der Waals surface area (Å²) in [5.74, 6) is 2.90. The van der Waals surface area contributed by atoms with Gasteiger partial charge in [-0.1, -0.05) is 11.8 Å². The molecule has 1 fully saturated rings. The van der Waals surface area contributed by atoms with Crippen molar-refractivity contribution in [2.24, 2.45) is 0 Å². The van der Waals surface area contributed by atoms with Gasteiger partial charge >= 0.3 is 5.97 Å². The molecule has 1 atom stereocenters. The summed E-state index contributed by atoms with van der Waals surface area (Å²) in [4.78, 5) is 14.9. The van der Waals surface area contributed by atoms with E-state index in [-0.39, 0.29) is 5.75 Å². The number of hydrogen-bond donors (Lipinski definition) is 1. The number of aromatic nitrogens is 2. The van der Waals surface area contributed by atoms with Gasteiger partial charge in [-0.3, -0.25) is 4.79 Å². The molecule has 0 amide bonds. The monoisotopic (exact) mass is 304 g/mol. The van der Waals surface area contributed by atoms with Gasteiger partial charge in [0.05, 0.1) is 5.75 Å². The molecule has 0 saturated carbocycles. The predicted octanol–water partition coefficient (Wildman–Crippen LogP) is 2.22. The molecule has 2 rings (SSSR count). The van der Waals surface area contributed by atoms with Gasteiger partial charge in [0.15, 0.2) is 5.16 Å². The second kappa shape index (κ2) is 6.77. The predicted molar refractivity (Wildman–Crippen MR) is 78.9 cm³/mol. The highest BCUT2D eigenvalue weighted by atomic mass is 32.2. The maximum absolute atomic E-state index is 10.6. The minimum Gasteiger partial charge on any atom is -0.481 e. The molecule has 100 valence electrons. The van der Waals surface area contributed by atoms with Crippen LogP contribution in [0.4, 0.5) is 0 Å². The second-order valence-corrected chi connectivity index (χ2v) is 7.54. The first-order chi connectivity index (χ1) is 8.66. The van der Waals surface area contributed by atoms with Crippen molar-refractivity contribution in [2.75, 3.05) is 23.0 Å². The molecular weight excluding hydrogens is 288 g/mol. The Balaban J connectivity index is 2.01. The molecule has 0 aromatic carbocycles. The van der Waals surface area contributed by atoms with Gasteiger partial charge in [-0.25, -0.2) is 4.98 Å². The molecule has 1 N–H and O–H groups in total. The average Bonchev–Trinajstić information content (AvgIpc) is 2.70. The highest BCUT2D eigenvalue weighted by molar-refractivity contribution is 8.06. The Morgan fingerprint density at radius 1 is 1.67 bits per heavy atom. The lowest BCUT2D eigenvalue weighted by Gasteiger charge is -2.22. The third kappa shape index (κ3) is 3.86. The van der Waals surface area contributed by atoms with Crippen LogP contribution in [0.3, 0.4) is 0 Å². The largest absolute Gasteiger partial charge is 0.481 e. The molecule has 1 saturated heterocycles. The molecule has 0 aliphatic carbocycles. The summed E-state index contributed by atoms with van der Waals surface area (Å²) in [5, 5.41) is 10.2. The van der Waals surface area contributed by atoms with Crippen LogP contribution in [0.25, 0.3) is 0 Å². The van der Waals surface area contributed by atoms with E-state index in [1.165, 1.54) is 29.0 Å². The summed E-state index contributed by atoms with van der Waals surface area (Å²) >= 11 is 5.31. The average molecular weight is 304 g/mol. The summed E-state index contributed by atoms with van der Waals surface area (Å²) in [6.07, 6.45) is 1.82. The SMILES string of the molecule is Cc1cnc(SCC(=O)O)n1CC1CSCCS1. The maximum atomic E-state index is 10.6. The molecule has 1 aromatic heterocycles. The van der Waals surface area contributed by atoms with E-state index in [2.05, 4.69) is 9.55 Å².